The lowest BCUT2D eigenvalue weighted by Crippen LogP contribution is -2.31. The van der Waals surface area contributed by atoms with E-state index in [1.54, 1.807) is 0 Å². The predicted octanol–water partition coefficient (Wildman–Crippen LogP) is 12.4. The lowest BCUT2D eigenvalue weighted by Gasteiger charge is -2.35. The van der Waals surface area contributed by atoms with Gasteiger partial charge in [0.15, 0.2) is 3.82 Å². The third kappa shape index (κ3) is 7.08. The third-order valence-electron chi connectivity index (χ3n) is 8.28. The van der Waals surface area contributed by atoms with Gasteiger partial charge < -0.3 is 0 Å². The van der Waals surface area contributed by atoms with E-state index >= 15 is 0 Å². The smallest absolute Gasteiger partial charge is 0.0899 e. The molecule has 1 saturated heterocycles. The van der Waals surface area contributed by atoms with Gasteiger partial charge in [0.1, 0.15) is 0 Å². The van der Waals surface area contributed by atoms with Crippen LogP contribution >= 0.6 is 38.4 Å². The fraction of sp³-hybridized carbons (Fsp3) is 0.676. The lowest BCUT2D eigenvalue weighted by atomic mass is 9.75. The number of halogens is 2. The highest BCUT2D eigenvalue weighted by atomic mass is 35.5. The van der Waals surface area contributed by atoms with Crippen LogP contribution in [0.1, 0.15) is 158 Å². The Morgan fingerprint density at radius 1 is 0.390 bits per heavy atom. The maximum absolute atomic E-state index is 7.61. The van der Waals surface area contributed by atoms with Gasteiger partial charge in [-0.05, 0) is 76.5 Å². The van der Waals surface area contributed by atoms with Crippen LogP contribution in [-0.4, -0.2) is 3.82 Å². The molecule has 2 aromatic rings. The Hall–Kier alpha value is -0.120. The molecule has 41 heavy (non-hydrogen) atoms. The average Bonchev–Trinajstić information content (AvgIpc) is 3.28. The highest BCUT2D eigenvalue weighted by Crippen LogP contribution is 3.04. The van der Waals surface area contributed by atoms with Crippen LogP contribution in [0.3, 0.4) is 0 Å². The summed E-state index contributed by atoms with van der Waals surface area (Å²) < 4.78 is -0.753. The fourth-order valence-corrected chi connectivity index (χ4v) is 17.4. The Bertz CT molecular complexity index is 1140. The molecule has 0 radical (unpaired) electrons. The van der Waals surface area contributed by atoms with Gasteiger partial charge in [-0.15, -0.1) is 0 Å². The first kappa shape index (κ1) is 35.4. The SMILES string of the molecule is CC(C)(C)c1cc(C(C)(C)C)c([P@@]2[P@](c3c(C(C)(C)C)cc(C(C)(C)C)cc3C(C)(C)C)C2(Cl)Cl)c(C(C)(C)C)c1. The molecule has 0 unspecified atom stereocenters. The lowest BCUT2D eigenvalue weighted by molar-refractivity contribution is 0.553. The number of benzene rings is 2. The molecule has 0 N–H and O–H groups in total. The summed E-state index contributed by atoms with van der Waals surface area (Å²) in [6.07, 6.45) is 0. The summed E-state index contributed by atoms with van der Waals surface area (Å²) in [5.41, 5.74) is 8.51. The molecule has 0 aliphatic carbocycles. The molecule has 1 fully saturated rings. The van der Waals surface area contributed by atoms with Crippen molar-refractivity contribution in [3.05, 3.63) is 57.6 Å². The normalized spacial score (nSPS) is 20.4. The zero-order valence-corrected chi connectivity index (χ0v) is 32.8. The van der Waals surface area contributed by atoms with Gasteiger partial charge in [-0.2, -0.15) is 0 Å². The number of rotatable bonds is 2. The minimum Gasteiger partial charge on any atom is -0.0899 e. The zero-order chi connectivity index (χ0) is 32.1. The van der Waals surface area contributed by atoms with Crippen molar-refractivity contribution in [3.8, 4) is 0 Å². The minimum absolute atomic E-state index is 0.0256. The van der Waals surface area contributed by atoms with Crippen LogP contribution in [0.2, 0.25) is 0 Å². The van der Waals surface area contributed by atoms with Crippen molar-refractivity contribution in [2.24, 2.45) is 0 Å². The van der Waals surface area contributed by atoms with Gasteiger partial charge in [-0.25, -0.2) is 0 Å². The maximum Gasteiger partial charge on any atom is 0.171 e. The topological polar surface area (TPSA) is 0 Å². The molecule has 0 spiro atoms. The van der Waals surface area contributed by atoms with Crippen LogP contribution in [0, 0.1) is 0 Å². The minimum atomic E-state index is -0.816. The molecule has 0 amide bonds. The molecular weight excluding hydrogens is 577 g/mol. The van der Waals surface area contributed by atoms with Gasteiger partial charge in [0, 0.05) is 15.2 Å². The molecular formula is C37H58Cl2P2. The second-order valence-corrected chi connectivity index (χ2v) is 27.1. The van der Waals surface area contributed by atoms with E-state index in [4.69, 9.17) is 23.2 Å². The summed E-state index contributed by atoms with van der Waals surface area (Å²) in [5.74, 6) is 0. The van der Waals surface area contributed by atoms with Crippen molar-refractivity contribution in [1.82, 2.24) is 0 Å². The van der Waals surface area contributed by atoms with E-state index < -0.39 is 19.0 Å². The molecule has 0 nitrogen and oxygen atoms in total. The van der Waals surface area contributed by atoms with Crippen LogP contribution < -0.4 is 10.6 Å². The molecule has 1 aliphatic heterocycles. The van der Waals surface area contributed by atoms with Crippen molar-refractivity contribution in [3.63, 3.8) is 0 Å². The summed E-state index contributed by atoms with van der Waals surface area (Å²) in [4.78, 5) is 0. The quantitative estimate of drug-likeness (QED) is 0.228. The van der Waals surface area contributed by atoms with Crippen LogP contribution in [0.15, 0.2) is 24.3 Å². The predicted molar refractivity (Wildman–Crippen MR) is 193 cm³/mol. The van der Waals surface area contributed by atoms with E-state index in [2.05, 4.69) is 149 Å². The molecule has 0 bridgehead atoms. The average molecular weight is 636 g/mol. The zero-order valence-electron chi connectivity index (χ0n) is 29.5. The van der Waals surface area contributed by atoms with Crippen LogP contribution in [0.5, 0.6) is 0 Å². The molecule has 230 valence electrons. The summed E-state index contributed by atoms with van der Waals surface area (Å²) in [6.45, 7) is 42.2. The first-order valence-corrected chi connectivity index (χ1v) is 19.4. The Balaban J connectivity index is 2.50. The van der Waals surface area contributed by atoms with E-state index in [9.17, 15) is 0 Å². The first-order valence-electron chi connectivity index (χ1n) is 15.3. The van der Waals surface area contributed by atoms with Crippen molar-refractivity contribution < 1.29 is 0 Å². The first-order chi connectivity index (χ1) is 17.9. The van der Waals surface area contributed by atoms with E-state index in [0.29, 0.717) is 0 Å². The van der Waals surface area contributed by atoms with Gasteiger partial charge in [-0.3, -0.25) is 0 Å². The summed E-state index contributed by atoms with van der Waals surface area (Å²) in [6, 6.07) is 9.95. The van der Waals surface area contributed by atoms with Crippen molar-refractivity contribution in [1.29, 1.82) is 0 Å². The summed E-state index contributed by atoms with van der Waals surface area (Å²) in [7, 11) is -1.63. The van der Waals surface area contributed by atoms with Gasteiger partial charge in [-0.1, -0.05) is 172 Å². The van der Waals surface area contributed by atoms with Gasteiger partial charge in [0.05, 0.1) is 0 Å². The number of alkyl halides is 2. The number of hydrogen-bond donors (Lipinski definition) is 0. The van der Waals surface area contributed by atoms with E-state index in [0.717, 1.165) is 0 Å². The van der Waals surface area contributed by atoms with Gasteiger partial charge in [0.2, 0.25) is 0 Å². The fourth-order valence-electron chi connectivity index (χ4n) is 5.53. The molecule has 1 aliphatic rings. The van der Waals surface area contributed by atoms with Crippen molar-refractivity contribution in [2.45, 2.75) is 161 Å². The van der Waals surface area contributed by atoms with E-state index in [1.165, 1.54) is 44.0 Å². The highest BCUT2D eigenvalue weighted by Gasteiger charge is 2.67. The summed E-state index contributed by atoms with van der Waals surface area (Å²) in [5, 5.41) is 2.92. The van der Waals surface area contributed by atoms with Crippen LogP contribution in [0.25, 0.3) is 0 Å². The molecule has 1 heterocycles. The molecule has 2 atom stereocenters. The second-order valence-electron chi connectivity index (χ2n) is 18.5. The van der Waals surface area contributed by atoms with E-state index in [1.807, 2.05) is 0 Å². The highest BCUT2D eigenvalue weighted by molar-refractivity contribution is 8.55. The Morgan fingerprint density at radius 2 is 0.585 bits per heavy atom. The molecule has 2 aromatic carbocycles. The number of hydrogen-bond acceptors (Lipinski definition) is 0. The third-order valence-corrected chi connectivity index (χ3v) is 19.4. The molecule has 0 aromatic heterocycles. The van der Waals surface area contributed by atoms with Gasteiger partial charge in [0.25, 0.3) is 0 Å². The summed E-state index contributed by atoms with van der Waals surface area (Å²) >= 11 is 15.2. The second kappa shape index (κ2) is 10.5. The van der Waals surface area contributed by atoms with E-state index in [-0.39, 0.29) is 32.5 Å². The molecule has 4 heteroatoms. The maximum atomic E-state index is 7.61. The monoisotopic (exact) mass is 634 g/mol. The Kier molecular flexibility index (Phi) is 9.03. The van der Waals surface area contributed by atoms with Crippen molar-refractivity contribution in [2.75, 3.05) is 0 Å². The molecule has 0 saturated carbocycles. The van der Waals surface area contributed by atoms with Crippen LogP contribution in [-0.2, 0) is 32.5 Å². The standard InChI is InChI=1S/C37H58Cl2P2/c1-31(2,3)23-19-25(33(7,8)9)29(26(20-23)34(10,11)12)40-37(38,39)41(40)30-27(35(13,14)15)21-24(32(4,5)6)22-28(30)36(16,17)18/h19-22H,1-18H3/t40-,41-/m1/s1. The molecule has 3 rings (SSSR count). The van der Waals surface area contributed by atoms with Crippen molar-refractivity contribution >= 4 is 49.0 Å². The Labute approximate surface area is 266 Å². The van der Waals surface area contributed by atoms with Crippen LogP contribution in [0.4, 0.5) is 0 Å². The van der Waals surface area contributed by atoms with Gasteiger partial charge >= 0.3 is 0 Å². The Morgan fingerprint density at radius 3 is 0.732 bits per heavy atom. The largest absolute Gasteiger partial charge is 0.171 e.